The zero-order valence-electron chi connectivity index (χ0n) is 15.9. The average molecular weight is 378 g/mol. The van der Waals surface area contributed by atoms with E-state index in [0.717, 1.165) is 27.5 Å². The second-order valence-electron chi connectivity index (χ2n) is 6.69. The Morgan fingerprint density at radius 2 is 1.96 bits per heavy atom. The van der Waals surface area contributed by atoms with Crippen molar-refractivity contribution in [2.75, 3.05) is 17.1 Å². The van der Waals surface area contributed by atoms with Gasteiger partial charge in [0, 0.05) is 11.7 Å². The maximum absolute atomic E-state index is 12.4. The van der Waals surface area contributed by atoms with Gasteiger partial charge in [0.1, 0.15) is 6.54 Å². The van der Waals surface area contributed by atoms with Crippen molar-refractivity contribution in [1.29, 1.82) is 0 Å². The van der Waals surface area contributed by atoms with Gasteiger partial charge >= 0.3 is 0 Å². The average Bonchev–Trinajstić information content (AvgIpc) is 2.81. The van der Waals surface area contributed by atoms with Gasteiger partial charge in [0.05, 0.1) is 24.2 Å². The van der Waals surface area contributed by atoms with Gasteiger partial charge in [-0.1, -0.05) is 12.1 Å². The standard InChI is InChI=1S/C18H26N4O3S/c1-13-7-6-8-17(9-13)22(26(5,24)25)12-18(23)19-15(3)11-21-16(4)10-14(2)20-21/h6-10,15H,11-12H2,1-5H3,(H,19,23). The molecule has 1 aromatic heterocycles. The van der Waals surface area contributed by atoms with Gasteiger partial charge in [0.2, 0.25) is 15.9 Å². The van der Waals surface area contributed by atoms with Crippen LogP contribution >= 0.6 is 0 Å². The molecule has 2 rings (SSSR count). The first-order chi connectivity index (χ1) is 12.1. The fraction of sp³-hybridized carbons (Fsp3) is 0.444. The van der Waals surface area contributed by atoms with Gasteiger partial charge in [-0.25, -0.2) is 8.42 Å². The molecule has 0 aliphatic carbocycles. The summed E-state index contributed by atoms with van der Waals surface area (Å²) in [6.45, 7) is 7.88. The topological polar surface area (TPSA) is 84.3 Å². The van der Waals surface area contributed by atoms with E-state index in [0.29, 0.717) is 12.2 Å². The monoisotopic (exact) mass is 378 g/mol. The summed E-state index contributed by atoms with van der Waals surface area (Å²) in [5, 5.41) is 7.22. The number of nitrogens with zero attached hydrogens (tertiary/aromatic N) is 3. The Morgan fingerprint density at radius 3 is 2.50 bits per heavy atom. The predicted octanol–water partition coefficient (Wildman–Crippen LogP) is 1.78. The number of anilines is 1. The van der Waals surface area contributed by atoms with Crippen LogP contribution in [-0.4, -0.2) is 42.9 Å². The highest BCUT2D eigenvalue weighted by molar-refractivity contribution is 7.92. The number of hydrogen-bond donors (Lipinski definition) is 1. The third kappa shape index (κ3) is 5.32. The predicted molar refractivity (Wildman–Crippen MR) is 103 cm³/mol. The van der Waals surface area contributed by atoms with Gasteiger partial charge in [-0.15, -0.1) is 0 Å². The number of benzene rings is 1. The van der Waals surface area contributed by atoms with E-state index in [1.807, 2.05) is 44.5 Å². The summed E-state index contributed by atoms with van der Waals surface area (Å²) in [6, 6.07) is 8.86. The van der Waals surface area contributed by atoms with Gasteiger partial charge in [0.15, 0.2) is 0 Å². The van der Waals surface area contributed by atoms with Gasteiger partial charge < -0.3 is 5.32 Å². The van der Waals surface area contributed by atoms with Crippen LogP contribution < -0.4 is 9.62 Å². The van der Waals surface area contributed by atoms with E-state index in [4.69, 9.17) is 0 Å². The van der Waals surface area contributed by atoms with Crippen molar-refractivity contribution in [2.45, 2.75) is 40.3 Å². The van der Waals surface area contributed by atoms with Crippen LogP contribution in [0.5, 0.6) is 0 Å². The highest BCUT2D eigenvalue weighted by Crippen LogP contribution is 2.18. The summed E-state index contributed by atoms with van der Waals surface area (Å²) < 4.78 is 27.2. The Bertz CT molecular complexity index is 890. The third-order valence-corrected chi connectivity index (χ3v) is 5.08. The van der Waals surface area contributed by atoms with Gasteiger partial charge in [0.25, 0.3) is 0 Å². The maximum Gasteiger partial charge on any atom is 0.241 e. The van der Waals surface area contributed by atoms with E-state index in [2.05, 4.69) is 10.4 Å². The number of aryl methyl sites for hydroxylation is 3. The molecule has 1 amide bonds. The molecular weight excluding hydrogens is 352 g/mol. The molecule has 2 aromatic rings. The molecule has 7 nitrogen and oxygen atoms in total. The minimum absolute atomic E-state index is 0.181. The smallest absolute Gasteiger partial charge is 0.241 e. The zero-order valence-corrected chi connectivity index (χ0v) is 16.7. The lowest BCUT2D eigenvalue weighted by Gasteiger charge is -2.23. The van der Waals surface area contributed by atoms with E-state index < -0.39 is 10.0 Å². The summed E-state index contributed by atoms with van der Waals surface area (Å²) in [5.74, 6) is -0.356. The number of aromatic nitrogens is 2. The molecule has 1 atom stereocenters. The normalized spacial score (nSPS) is 12.7. The number of carbonyl (C=O) groups excluding carboxylic acids is 1. The molecule has 0 saturated heterocycles. The molecule has 0 bridgehead atoms. The largest absolute Gasteiger partial charge is 0.350 e. The lowest BCUT2D eigenvalue weighted by Crippen LogP contribution is -2.44. The molecule has 8 heteroatoms. The minimum Gasteiger partial charge on any atom is -0.350 e. The van der Waals surface area contributed by atoms with Crippen LogP contribution in [0.4, 0.5) is 5.69 Å². The van der Waals surface area contributed by atoms with Gasteiger partial charge in [-0.2, -0.15) is 5.10 Å². The molecule has 1 aromatic carbocycles. The molecule has 142 valence electrons. The molecular formula is C18H26N4O3S. The second-order valence-corrected chi connectivity index (χ2v) is 8.59. The van der Waals surface area contributed by atoms with E-state index in [1.165, 1.54) is 0 Å². The Labute approximate surface area is 155 Å². The zero-order chi connectivity index (χ0) is 19.5. The number of rotatable bonds is 7. The molecule has 0 spiro atoms. The summed E-state index contributed by atoms with van der Waals surface area (Å²) in [6.07, 6.45) is 1.10. The van der Waals surface area contributed by atoms with Crippen LogP contribution in [0.25, 0.3) is 0 Å². The van der Waals surface area contributed by atoms with Crippen LogP contribution in [0.15, 0.2) is 30.3 Å². The van der Waals surface area contributed by atoms with Crippen molar-refractivity contribution < 1.29 is 13.2 Å². The van der Waals surface area contributed by atoms with Crippen molar-refractivity contribution in [3.05, 3.63) is 47.3 Å². The number of sulfonamides is 1. The molecule has 1 N–H and O–H groups in total. The highest BCUT2D eigenvalue weighted by atomic mass is 32.2. The Balaban J connectivity index is 2.06. The molecule has 0 aliphatic heterocycles. The molecule has 0 radical (unpaired) electrons. The Morgan fingerprint density at radius 1 is 1.27 bits per heavy atom. The first-order valence-electron chi connectivity index (χ1n) is 8.41. The van der Waals surface area contributed by atoms with Crippen molar-refractivity contribution in [3.8, 4) is 0 Å². The molecule has 26 heavy (non-hydrogen) atoms. The Hall–Kier alpha value is -2.35. The summed E-state index contributed by atoms with van der Waals surface area (Å²) in [5.41, 5.74) is 3.34. The minimum atomic E-state index is -3.57. The number of nitrogens with one attached hydrogen (secondary N) is 1. The number of carbonyl (C=O) groups is 1. The maximum atomic E-state index is 12.4. The van der Waals surface area contributed by atoms with E-state index in [9.17, 15) is 13.2 Å². The number of hydrogen-bond acceptors (Lipinski definition) is 4. The number of amides is 1. The van der Waals surface area contributed by atoms with Crippen LogP contribution in [0.3, 0.4) is 0 Å². The summed E-state index contributed by atoms with van der Waals surface area (Å²) >= 11 is 0. The summed E-state index contributed by atoms with van der Waals surface area (Å²) in [4.78, 5) is 12.4. The molecule has 0 fully saturated rings. The van der Waals surface area contributed by atoms with Crippen molar-refractivity contribution in [1.82, 2.24) is 15.1 Å². The lowest BCUT2D eigenvalue weighted by atomic mass is 10.2. The van der Waals surface area contributed by atoms with Gasteiger partial charge in [-0.05, 0) is 51.5 Å². The molecule has 0 saturated carbocycles. The van der Waals surface area contributed by atoms with E-state index in [1.54, 1.807) is 18.2 Å². The Kier molecular flexibility index (Phi) is 6.07. The fourth-order valence-electron chi connectivity index (χ4n) is 2.80. The molecule has 1 heterocycles. The van der Waals surface area contributed by atoms with Crippen LogP contribution in [0.1, 0.15) is 23.9 Å². The van der Waals surface area contributed by atoms with E-state index in [-0.39, 0.29) is 18.5 Å². The fourth-order valence-corrected chi connectivity index (χ4v) is 3.65. The first kappa shape index (κ1) is 20.0. The van der Waals surface area contributed by atoms with Crippen molar-refractivity contribution >= 4 is 21.6 Å². The quantitative estimate of drug-likeness (QED) is 0.796. The van der Waals surface area contributed by atoms with Crippen molar-refractivity contribution in [2.24, 2.45) is 0 Å². The molecule has 1 unspecified atom stereocenters. The van der Waals surface area contributed by atoms with Crippen LogP contribution in [0, 0.1) is 20.8 Å². The van der Waals surface area contributed by atoms with Crippen LogP contribution in [0.2, 0.25) is 0 Å². The first-order valence-corrected chi connectivity index (χ1v) is 10.3. The van der Waals surface area contributed by atoms with Gasteiger partial charge in [-0.3, -0.25) is 13.8 Å². The highest BCUT2D eigenvalue weighted by Gasteiger charge is 2.22. The summed E-state index contributed by atoms with van der Waals surface area (Å²) in [7, 11) is -3.57. The second kappa shape index (κ2) is 7.90. The molecule has 0 aliphatic rings. The lowest BCUT2D eigenvalue weighted by molar-refractivity contribution is -0.120. The third-order valence-electron chi connectivity index (χ3n) is 3.93. The van der Waals surface area contributed by atoms with E-state index >= 15 is 0 Å². The SMILES string of the molecule is Cc1cccc(N(CC(=O)NC(C)Cn2nc(C)cc2C)S(C)(=O)=O)c1. The van der Waals surface area contributed by atoms with Crippen LogP contribution in [-0.2, 0) is 21.4 Å². The van der Waals surface area contributed by atoms with Crippen molar-refractivity contribution in [3.63, 3.8) is 0 Å².